The number of aryl methyl sites for hydroxylation is 1. The van der Waals surface area contributed by atoms with Gasteiger partial charge in [0.15, 0.2) is 0 Å². The molecule has 0 spiro atoms. The summed E-state index contributed by atoms with van der Waals surface area (Å²) in [7, 11) is 0. The van der Waals surface area contributed by atoms with Gasteiger partial charge in [0.1, 0.15) is 0 Å². The molecule has 1 aromatic rings. The summed E-state index contributed by atoms with van der Waals surface area (Å²) in [5, 5.41) is 3.14. The molecule has 0 radical (unpaired) electrons. The van der Waals surface area contributed by atoms with E-state index >= 15 is 0 Å². The van der Waals surface area contributed by atoms with Crippen LogP contribution in [-0.4, -0.2) is 18.0 Å². The van der Waals surface area contributed by atoms with E-state index in [4.69, 9.17) is 5.73 Å². The molecule has 0 bridgehead atoms. The molecule has 3 heteroatoms. The van der Waals surface area contributed by atoms with Crippen LogP contribution in [0.5, 0.6) is 0 Å². The van der Waals surface area contributed by atoms with Crippen LogP contribution in [-0.2, 0) is 17.6 Å². The lowest BCUT2D eigenvalue weighted by Gasteiger charge is -2.29. The molecule has 116 valence electrons. The normalized spacial score (nSPS) is 17.3. The lowest BCUT2D eigenvalue weighted by atomic mass is 9.95. The zero-order valence-corrected chi connectivity index (χ0v) is 13.3. The highest BCUT2D eigenvalue weighted by atomic mass is 16.1. The molecule has 1 unspecified atom stereocenters. The van der Waals surface area contributed by atoms with E-state index in [1.807, 2.05) is 0 Å². The molecule has 0 aliphatic heterocycles. The first-order chi connectivity index (χ1) is 10.1. The van der Waals surface area contributed by atoms with Crippen LogP contribution in [0.2, 0.25) is 0 Å². The number of carbonyl (C=O) groups excluding carboxylic acids is 1. The topological polar surface area (TPSA) is 55.1 Å². The number of unbranched alkanes of at least 4 members (excludes halogenated alkanes) is 1. The Kier molecular flexibility index (Phi) is 5.40. The molecule has 0 aromatic heterocycles. The van der Waals surface area contributed by atoms with Crippen molar-refractivity contribution in [2.45, 2.75) is 57.9 Å². The van der Waals surface area contributed by atoms with Gasteiger partial charge in [-0.1, -0.05) is 37.6 Å². The van der Waals surface area contributed by atoms with E-state index in [1.54, 1.807) is 0 Å². The second-order valence-electron chi connectivity index (χ2n) is 6.54. The first kappa shape index (κ1) is 16.0. The molecule has 1 saturated carbocycles. The summed E-state index contributed by atoms with van der Waals surface area (Å²) in [6.07, 6.45) is 6.35. The van der Waals surface area contributed by atoms with Gasteiger partial charge in [-0.15, -0.1) is 0 Å². The Morgan fingerprint density at radius 1 is 1.29 bits per heavy atom. The van der Waals surface area contributed by atoms with Crippen molar-refractivity contribution in [3.05, 3.63) is 35.4 Å². The highest BCUT2D eigenvalue weighted by Gasteiger charge is 2.41. The fourth-order valence-electron chi connectivity index (χ4n) is 2.79. The van der Waals surface area contributed by atoms with E-state index < -0.39 is 0 Å². The molecule has 0 heterocycles. The monoisotopic (exact) mass is 288 g/mol. The van der Waals surface area contributed by atoms with Crippen LogP contribution < -0.4 is 11.1 Å². The van der Waals surface area contributed by atoms with E-state index in [2.05, 4.69) is 43.4 Å². The predicted octanol–water partition coefficient (Wildman–Crippen LogP) is 2.82. The number of hydrogen-bond donors (Lipinski definition) is 2. The van der Waals surface area contributed by atoms with E-state index in [9.17, 15) is 4.79 Å². The van der Waals surface area contributed by atoms with Crippen molar-refractivity contribution < 1.29 is 4.79 Å². The largest absolute Gasteiger partial charge is 0.349 e. The number of amides is 1. The number of carbonyl (C=O) groups is 1. The van der Waals surface area contributed by atoms with E-state index in [0.29, 0.717) is 18.9 Å². The molecular weight excluding hydrogens is 260 g/mol. The summed E-state index contributed by atoms with van der Waals surface area (Å²) in [6.45, 7) is 4.78. The van der Waals surface area contributed by atoms with Crippen LogP contribution in [0.4, 0.5) is 0 Å². The van der Waals surface area contributed by atoms with Gasteiger partial charge in [-0.25, -0.2) is 0 Å². The summed E-state index contributed by atoms with van der Waals surface area (Å²) in [5.41, 5.74) is 8.04. The third-order valence-electron chi connectivity index (χ3n) is 4.53. The average molecular weight is 288 g/mol. The number of benzene rings is 1. The SMILES string of the molecule is CCCCc1ccc(CC(=O)NC(C)(CN)C2CC2)cc1. The van der Waals surface area contributed by atoms with Crippen molar-refractivity contribution in [2.24, 2.45) is 11.7 Å². The fraction of sp³-hybridized carbons (Fsp3) is 0.611. The third-order valence-corrected chi connectivity index (χ3v) is 4.53. The lowest BCUT2D eigenvalue weighted by Crippen LogP contribution is -2.53. The maximum atomic E-state index is 12.2. The Hall–Kier alpha value is -1.35. The number of rotatable bonds is 8. The van der Waals surface area contributed by atoms with Crippen molar-refractivity contribution in [2.75, 3.05) is 6.54 Å². The smallest absolute Gasteiger partial charge is 0.224 e. The molecule has 1 aliphatic rings. The van der Waals surface area contributed by atoms with Gasteiger partial charge >= 0.3 is 0 Å². The van der Waals surface area contributed by atoms with Crippen molar-refractivity contribution in [1.29, 1.82) is 0 Å². The summed E-state index contributed by atoms with van der Waals surface area (Å²) in [4.78, 5) is 12.2. The van der Waals surface area contributed by atoms with E-state index in [0.717, 1.165) is 12.0 Å². The van der Waals surface area contributed by atoms with Crippen molar-refractivity contribution in [3.63, 3.8) is 0 Å². The Bertz CT molecular complexity index is 465. The summed E-state index contributed by atoms with van der Waals surface area (Å²) in [5.74, 6) is 0.638. The van der Waals surface area contributed by atoms with Crippen LogP contribution in [0, 0.1) is 5.92 Å². The van der Waals surface area contributed by atoms with Crippen LogP contribution in [0.15, 0.2) is 24.3 Å². The van der Waals surface area contributed by atoms with E-state index in [1.165, 1.54) is 31.2 Å². The van der Waals surface area contributed by atoms with Gasteiger partial charge in [-0.2, -0.15) is 0 Å². The highest BCUT2D eigenvalue weighted by Crippen LogP contribution is 2.38. The molecule has 1 amide bonds. The van der Waals surface area contributed by atoms with Gasteiger partial charge in [0.25, 0.3) is 0 Å². The first-order valence-electron chi connectivity index (χ1n) is 8.16. The molecule has 21 heavy (non-hydrogen) atoms. The molecule has 3 nitrogen and oxygen atoms in total. The number of nitrogens with one attached hydrogen (secondary N) is 1. The Balaban J connectivity index is 1.87. The molecule has 1 fully saturated rings. The van der Waals surface area contributed by atoms with Gasteiger partial charge in [-0.3, -0.25) is 4.79 Å². The zero-order chi connectivity index (χ0) is 15.3. The molecule has 1 atom stereocenters. The van der Waals surface area contributed by atoms with Gasteiger partial charge in [0, 0.05) is 6.54 Å². The second-order valence-corrected chi connectivity index (χ2v) is 6.54. The van der Waals surface area contributed by atoms with Gasteiger partial charge in [0.05, 0.1) is 12.0 Å². The summed E-state index contributed by atoms with van der Waals surface area (Å²) < 4.78 is 0. The standard InChI is InChI=1S/C18H28N2O/c1-3-4-5-14-6-8-15(9-7-14)12-17(21)20-18(2,13-19)16-10-11-16/h6-9,16H,3-5,10-13,19H2,1-2H3,(H,20,21). The Labute approximate surface area is 128 Å². The molecule has 1 aromatic carbocycles. The summed E-state index contributed by atoms with van der Waals surface area (Å²) in [6, 6.07) is 8.42. The highest BCUT2D eigenvalue weighted by molar-refractivity contribution is 5.79. The van der Waals surface area contributed by atoms with Crippen molar-refractivity contribution in [1.82, 2.24) is 5.32 Å². The van der Waals surface area contributed by atoms with Gasteiger partial charge in [0.2, 0.25) is 5.91 Å². The van der Waals surface area contributed by atoms with Crippen LogP contribution >= 0.6 is 0 Å². The minimum absolute atomic E-state index is 0.0798. The zero-order valence-electron chi connectivity index (χ0n) is 13.3. The fourth-order valence-corrected chi connectivity index (χ4v) is 2.79. The molecule has 3 N–H and O–H groups in total. The molecule has 0 saturated heterocycles. The molecule has 1 aliphatic carbocycles. The van der Waals surface area contributed by atoms with Crippen molar-refractivity contribution in [3.8, 4) is 0 Å². The number of hydrogen-bond acceptors (Lipinski definition) is 2. The van der Waals surface area contributed by atoms with Crippen LogP contribution in [0.25, 0.3) is 0 Å². The second kappa shape index (κ2) is 7.08. The molecule has 2 rings (SSSR count). The lowest BCUT2D eigenvalue weighted by molar-refractivity contribution is -0.122. The van der Waals surface area contributed by atoms with Crippen LogP contribution in [0.1, 0.15) is 50.7 Å². The maximum absolute atomic E-state index is 12.2. The van der Waals surface area contributed by atoms with Gasteiger partial charge < -0.3 is 11.1 Å². The quantitative estimate of drug-likeness (QED) is 0.773. The summed E-state index contributed by atoms with van der Waals surface area (Å²) >= 11 is 0. The maximum Gasteiger partial charge on any atom is 0.224 e. The van der Waals surface area contributed by atoms with Gasteiger partial charge in [-0.05, 0) is 49.7 Å². The number of nitrogens with two attached hydrogens (primary N) is 1. The third kappa shape index (κ3) is 4.57. The van der Waals surface area contributed by atoms with Crippen molar-refractivity contribution >= 4 is 5.91 Å². The Morgan fingerprint density at radius 3 is 2.43 bits per heavy atom. The minimum Gasteiger partial charge on any atom is -0.349 e. The first-order valence-corrected chi connectivity index (χ1v) is 8.16. The Morgan fingerprint density at radius 2 is 1.90 bits per heavy atom. The molecular formula is C18H28N2O. The van der Waals surface area contributed by atoms with E-state index in [-0.39, 0.29) is 11.4 Å². The predicted molar refractivity (Wildman–Crippen MR) is 87.1 cm³/mol. The average Bonchev–Trinajstić information content (AvgIpc) is 3.31. The minimum atomic E-state index is -0.224. The van der Waals surface area contributed by atoms with Crippen LogP contribution in [0.3, 0.4) is 0 Å².